The lowest BCUT2D eigenvalue weighted by atomic mass is 10.2. The van der Waals surface area contributed by atoms with E-state index in [0.29, 0.717) is 18.2 Å². The summed E-state index contributed by atoms with van der Waals surface area (Å²) in [4.78, 5) is 24.3. The number of carbonyl (C=O) groups excluding carboxylic acids is 1. The summed E-state index contributed by atoms with van der Waals surface area (Å²) >= 11 is 0. The Kier molecular flexibility index (Phi) is 4.84. The molecule has 1 aliphatic heterocycles. The number of nitrogens with one attached hydrogen (secondary N) is 1. The zero-order valence-corrected chi connectivity index (χ0v) is 14.6. The quantitative estimate of drug-likeness (QED) is 0.768. The molecule has 6 nitrogen and oxygen atoms in total. The molecule has 134 valence electrons. The molecule has 0 atom stereocenters. The predicted octanol–water partition coefficient (Wildman–Crippen LogP) is 2.40. The fourth-order valence-electron chi connectivity index (χ4n) is 3.25. The molecule has 2 aromatic heterocycles. The molecule has 0 spiro atoms. The number of hydrogen-bond acceptors (Lipinski definition) is 4. The average molecular weight is 350 g/mol. The maximum atomic E-state index is 12.7. The van der Waals surface area contributed by atoms with E-state index in [-0.39, 0.29) is 5.91 Å². The highest BCUT2D eigenvalue weighted by molar-refractivity contribution is 5.98. The Labute approximate surface area is 152 Å². The zero-order valence-electron chi connectivity index (χ0n) is 14.6. The Morgan fingerprint density at radius 1 is 1.08 bits per heavy atom. The Morgan fingerprint density at radius 3 is 2.65 bits per heavy atom. The molecule has 1 aromatic carbocycles. The summed E-state index contributed by atoms with van der Waals surface area (Å²) in [6, 6.07) is 15.5. The van der Waals surface area contributed by atoms with E-state index in [4.69, 9.17) is 4.74 Å². The predicted molar refractivity (Wildman–Crippen MR) is 100 cm³/mol. The molecule has 0 aliphatic carbocycles. The van der Waals surface area contributed by atoms with Crippen LogP contribution in [0.25, 0.3) is 10.9 Å². The molecule has 3 heterocycles. The van der Waals surface area contributed by atoms with Gasteiger partial charge in [0.15, 0.2) is 0 Å². The molecule has 26 heavy (non-hydrogen) atoms. The molecule has 1 fully saturated rings. The van der Waals surface area contributed by atoms with Crippen molar-refractivity contribution in [3.8, 4) is 5.88 Å². The first-order valence-corrected chi connectivity index (χ1v) is 8.93. The molecule has 0 saturated carbocycles. The SMILES string of the molecule is O=C(c1cc2ccccc2[nH]1)N1CCN(CCOc2ccccn2)CC1. The fourth-order valence-corrected chi connectivity index (χ4v) is 3.25. The number of fused-ring (bicyclic) bond motifs is 1. The van der Waals surface area contributed by atoms with Crippen LogP contribution in [0.15, 0.2) is 54.7 Å². The van der Waals surface area contributed by atoms with Crippen molar-refractivity contribution < 1.29 is 9.53 Å². The highest BCUT2D eigenvalue weighted by atomic mass is 16.5. The van der Waals surface area contributed by atoms with Crippen LogP contribution in [0.3, 0.4) is 0 Å². The van der Waals surface area contributed by atoms with Gasteiger partial charge in [0, 0.05) is 55.9 Å². The number of benzene rings is 1. The number of H-pyrrole nitrogens is 1. The molecular formula is C20H22N4O2. The Morgan fingerprint density at radius 2 is 1.88 bits per heavy atom. The standard InChI is InChI=1S/C20H22N4O2/c25-20(18-15-16-5-1-2-6-17(16)22-18)24-11-9-23(10-12-24)13-14-26-19-7-3-4-8-21-19/h1-8,15,22H,9-14H2. The van der Waals surface area contributed by atoms with E-state index < -0.39 is 0 Å². The smallest absolute Gasteiger partial charge is 0.270 e. The number of aromatic nitrogens is 2. The van der Waals surface area contributed by atoms with Gasteiger partial charge in [0.05, 0.1) is 0 Å². The van der Waals surface area contributed by atoms with E-state index in [2.05, 4.69) is 14.9 Å². The first-order valence-electron chi connectivity index (χ1n) is 8.93. The molecule has 3 aromatic rings. The number of hydrogen-bond donors (Lipinski definition) is 1. The summed E-state index contributed by atoms with van der Waals surface area (Å²) in [6.45, 7) is 4.63. The minimum absolute atomic E-state index is 0.0746. The van der Waals surface area contributed by atoms with Crippen molar-refractivity contribution in [1.29, 1.82) is 0 Å². The van der Waals surface area contributed by atoms with Crippen LogP contribution >= 0.6 is 0 Å². The lowest BCUT2D eigenvalue weighted by Gasteiger charge is -2.34. The maximum absolute atomic E-state index is 12.7. The van der Waals surface area contributed by atoms with Gasteiger partial charge in [0.2, 0.25) is 5.88 Å². The van der Waals surface area contributed by atoms with Gasteiger partial charge in [-0.2, -0.15) is 0 Å². The van der Waals surface area contributed by atoms with Gasteiger partial charge in [-0.05, 0) is 18.2 Å². The third kappa shape index (κ3) is 3.70. The van der Waals surface area contributed by atoms with E-state index in [1.165, 1.54) is 0 Å². The third-order valence-electron chi connectivity index (χ3n) is 4.72. The van der Waals surface area contributed by atoms with E-state index in [9.17, 15) is 4.79 Å². The van der Waals surface area contributed by atoms with Crippen LogP contribution in [0, 0.1) is 0 Å². The Bertz CT molecular complexity index is 837. The van der Waals surface area contributed by atoms with E-state index in [0.717, 1.165) is 43.6 Å². The van der Waals surface area contributed by atoms with Gasteiger partial charge < -0.3 is 14.6 Å². The minimum Gasteiger partial charge on any atom is -0.476 e. The van der Waals surface area contributed by atoms with E-state index in [1.54, 1.807) is 6.20 Å². The van der Waals surface area contributed by atoms with Crippen molar-refractivity contribution in [3.05, 3.63) is 60.4 Å². The van der Waals surface area contributed by atoms with E-state index in [1.807, 2.05) is 53.4 Å². The molecule has 1 amide bonds. The van der Waals surface area contributed by atoms with Crippen LogP contribution in [0.1, 0.15) is 10.5 Å². The van der Waals surface area contributed by atoms with Gasteiger partial charge in [0.25, 0.3) is 5.91 Å². The van der Waals surface area contributed by atoms with Crippen LogP contribution in [0.4, 0.5) is 0 Å². The van der Waals surface area contributed by atoms with Gasteiger partial charge >= 0.3 is 0 Å². The number of pyridine rings is 1. The number of amides is 1. The number of carbonyl (C=O) groups is 1. The molecular weight excluding hydrogens is 328 g/mol. The molecule has 1 N–H and O–H groups in total. The first-order chi connectivity index (χ1) is 12.8. The summed E-state index contributed by atoms with van der Waals surface area (Å²) < 4.78 is 5.65. The minimum atomic E-state index is 0.0746. The molecule has 4 rings (SSSR count). The van der Waals surface area contributed by atoms with Gasteiger partial charge in [0.1, 0.15) is 12.3 Å². The van der Waals surface area contributed by atoms with Gasteiger partial charge in [-0.25, -0.2) is 4.98 Å². The highest BCUT2D eigenvalue weighted by Crippen LogP contribution is 2.17. The Hall–Kier alpha value is -2.86. The second-order valence-corrected chi connectivity index (χ2v) is 6.42. The van der Waals surface area contributed by atoms with Gasteiger partial charge in [-0.1, -0.05) is 24.3 Å². The van der Waals surface area contributed by atoms with Crippen molar-refractivity contribution in [2.24, 2.45) is 0 Å². The lowest BCUT2D eigenvalue weighted by Crippen LogP contribution is -2.49. The highest BCUT2D eigenvalue weighted by Gasteiger charge is 2.23. The first kappa shape index (κ1) is 16.6. The molecule has 0 bridgehead atoms. The van der Waals surface area contributed by atoms with Crippen LogP contribution in [0.5, 0.6) is 5.88 Å². The van der Waals surface area contributed by atoms with Crippen molar-refractivity contribution in [2.75, 3.05) is 39.3 Å². The van der Waals surface area contributed by atoms with Crippen molar-refractivity contribution in [1.82, 2.24) is 19.8 Å². The largest absolute Gasteiger partial charge is 0.476 e. The number of para-hydroxylation sites is 1. The van der Waals surface area contributed by atoms with Gasteiger partial charge in [-0.3, -0.25) is 9.69 Å². The van der Waals surface area contributed by atoms with Crippen molar-refractivity contribution in [3.63, 3.8) is 0 Å². The number of ether oxygens (including phenoxy) is 1. The summed E-state index contributed by atoms with van der Waals surface area (Å²) in [6.07, 6.45) is 1.73. The van der Waals surface area contributed by atoms with Crippen LogP contribution in [-0.4, -0.2) is 65.0 Å². The number of piperazine rings is 1. The lowest BCUT2D eigenvalue weighted by molar-refractivity contribution is 0.0614. The molecule has 0 unspecified atom stereocenters. The van der Waals surface area contributed by atoms with Crippen molar-refractivity contribution >= 4 is 16.8 Å². The van der Waals surface area contributed by atoms with Gasteiger partial charge in [-0.15, -0.1) is 0 Å². The van der Waals surface area contributed by atoms with Crippen LogP contribution in [0.2, 0.25) is 0 Å². The maximum Gasteiger partial charge on any atom is 0.270 e. The molecule has 6 heteroatoms. The topological polar surface area (TPSA) is 61.5 Å². The van der Waals surface area contributed by atoms with Crippen LogP contribution in [-0.2, 0) is 0 Å². The van der Waals surface area contributed by atoms with Crippen LogP contribution < -0.4 is 4.74 Å². The fraction of sp³-hybridized carbons (Fsp3) is 0.300. The number of rotatable bonds is 5. The zero-order chi connectivity index (χ0) is 17.8. The summed E-state index contributed by atoms with van der Waals surface area (Å²) in [5.41, 5.74) is 1.67. The molecule has 1 aliphatic rings. The summed E-state index contributed by atoms with van der Waals surface area (Å²) in [5.74, 6) is 0.728. The second-order valence-electron chi connectivity index (χ2n) is 6.42. The molecule has 1 saturated heterocycles. The summed E-state index contributed by atoms with van der Waals surface area (Å²) in [5, 5.41) is 1.07. The monoisotopic (exact) mass is 350 g/mol. The Balaban J connectivity index is 1.27. The normalized spacial score (nSPS) is 15.3. The average Bonchev–Trinajstić information content (AvgIpc) is 3.13. The summed E-state index contributed by atoms with van der Waals surface area (Å²) in [7, 11) is 0. The second kappa shape index (κ2) is 7.58. The van der Waals surface area contributed by atoms with Crippen molar-refractivity contribution in [2.45, 2.75) is 0 Å². The number of aromatic amines is 1. The third-order valence-corrected chi connectivity index (χ3v) is 4.72. The number of nitrogens with zero attached hydrogens (tertiary/aromatic N) is 3. The van der Waals surface area contributed by atoms with E-state index >= 15 is 0 Å². The molecule has 0 radical (unpaired) electrons.